The fraction of sp³-hybridized carbons (Fsp3) is 0.143. The van der Waals surface area contributed by atoms with Gasteiger partial charge in [0.05, 0.1) is 16.1 Å². The summed E-state index contributed by atoms with van der Waals surface area (Å²) < 4.78 is 25.6. The van der Waals surface area contributed by atoms with E-state index in [1.165, 1.54) is 18.2 Å². The average molecular weight is 235 g/mol. The molecule has 4 nitrogen and oxygen atoms in total. The van der Waals surface area contributed by atoms with Gasteiger partial charge in [0.1, 0.15) is 0 Å². The van der Waals surface area contributed by atoms with Gasteiger partial charge in [-0.2, -0.15) is 0 Å². The fourth-order valence-corrected chi connectivity index (χ4v) is 1.06. The molecular weight excluding hydrogens is 226 g/mol. The van der Waals surface area contributed by atoms with Crippen LogP contribution in [-0.4, -0.2) is 12.0 Å². The Morgan fingerprint density at radius 3 is 3.08 bits per heavy atom. The van der Waals surface area contributed by atoms with Crippen LogP contribution < -0.4 is 4.74 Å². The highest BCUT2D eigenvalue weighted by atomic mass is 79.9. The van der Waals surface area contributed by atoms with Crippen molar-refractivity contribution < 1.29 is 13.8 Å². The van der Waals surface area contributed by atoms with Crippen LogP contribution in [0.15, 0.2) is 22.7 Å². The minimum atomic E-state index is -2.70. The Hall–Kier alpha value is -1.10. The standard InChI is InChI=1S/C7H6BrNO3/c1-12-7-4-5(8)2-3-6(7)9(10)11/h2-4H,1H3/i1D3. The molecule has 0 amide bonds. The molecule has 0 unspecified atom stereocenters. The summed E-state index contributed by atoms with van der Waals surface area (Å²) in [5.41, 5.74) is -0.380. The van der Waals surface area contributed by atoms with E-state index < -0.39 is 12.0 Å². The highest BCUT2D eigenvalue weighted by molar-refractivity contribution is 9.10. The lowest BCUT2D eigenvalue weighted by Crippen LogP contribution is -1.92. The number of nitrogens with zero attached hydrogens (tertiary/aromatic N) is 1. The van der Waals surface area contributed by atoms with Gasteiger partial charge in [-0.1, -0.05) is 15.9 Å². The zero-order chi connectivity index (χ0) is 11.6. The van der Waals surface area contributed by atoms with Crippen molar-refractivity contribution in [3.63, 3.8) is 0 Å². The molecule has 0 saturated heterocycles. The van der Waals surface area contributed by atoms with Crippen molar-refractivity contribution in [2.24, 2.45) is 0 Å². The van der Waals surface area contributed by atoms with Gasteiger partial charge in [0.15, 0.2) is 5.75 Å². The van der Waals surface area contributed by atoms with Gasteiger partial charge in [0.2, 0.25) is 0 Å². The molecule has 1 rings (SSSR count). The van der Waals surface area contributed by atoms with Crippen molar-refractivity contribution in [2.45, 2.75) is 0 Å². The summed E-state index contributed by atoms with van der Waals surface area (Å²) in [5.74, 6) is -0.283. The molecule has 0 fully saturated rings. The third kappa shape index (κ3) is 1.73. The van der Waals surface area contributed by atoms with E-state index in [4.69, 9.17) is 4.11 Å². The number of nitro groups is 1. The first kappa shape index (κ1) is 5.53. The topological polar surface area (TPSA) is 52.4 Å². The number of rotatable bonds is 2. The van der Waals surface area contributed by atoms with Crippen molar-refractivity contribution in [2.75, 3.05) is 7.04 Å². The van der Waals surface area contributed by atoms with Crippen molar-refractivity contribution in [1.82, 2.24) is 0 Å². The third-order valence-corrected chi connectivity index (χ3v) is 1.72. The normalized spacial score (nSPS) is 14.2. The van der Waals surface area contributed by atoms with Gasteiger partial charge in [-0.05, 0) is 6.07 Å². The molecule has 0 radical (unpaired) electrons. The fourth-order valence-electron chi connectivity index (χ4n) is 0.721. The number of methoxy groups -OCH3 is 1. The first-order valence-corrected chi connectivity index (χ1v) is 3.72. The van der Waals surface area contributed by atoms with E-state index in [9.17, 15) is 10.1 Å². The van der Waals surface area contributed by atoms with E-state index >= 15 is 0 Å². The number of hydrogen-bond donors (Lipinski definition) is 0. The molecule has 12 heavy (non-hydrogen) atoms. The number of ether oxygens (including phenoxy) is 1. The van der Waals surface area contributed by atoms with Gasteiger partial charge in [0.25, 0.3) is 0 Å². The van der Waals surface area contributed by atoms with Gasteiger partial charge in [-0.3, -0.25) is 10.1 Å². The zero-order valence-corrected chi connectivity index (χ0v) is 7.37. The van der Waals surface area contributed by atoms with Crippen molar-refractivity contribution >= 4 is 21.6 Å². The second-order valence-corrected chi connectivity index (χ2v) is 2.89. The minimum Gasteiger partial charge on any atom is -0.490 e. The first-order chi connectivity index (χ1) is 6.79. The summed E-state index contributed by atoms with van der Waals surface area (Å²) in [6.45, 7) is 0. The Kier molecular flexibility index (Phi) is 1.63. The molecule has 0 saturated carbocycles. The molecule has 1 aromatic rings. The molecule has 0 bridgehead atoms. The Labute approximate surface area is 81.6 Å². The van der Waals surface area contributed by atoms with Gasteiger partial charge in [0, 0.05) is 16.6 Å². The predicted molar refractivity (Wildman–Crippen MR) is 47.3 cm³/mol. The van der Waals surface area contributed by atoms with Crippen LogP contribution in [0.1, 0.15) is 4.11 Å². The van der Waals surface area contributed by atoms with Crippen LogP contribution in [0, 0.1) is 10.1 Å². The molecule has 0 atom stereocenters. The minimum absolute atomic E-state index is 0.283. The molecule has 0 spiro atoms. The molecule has 0 N–H and O–H groups in total. The van der Waals surface area contributed by atoms with Gasteiger partial charge in [-0.15, -0.1) is 0 Å². The van der Waals surface area contributed by atoms with Gasteiger partial charge >= 0.3 is 5.69 Å². The van der Waals surface area contributed by atoms with Gasteiger partial charge < -0.3 is 4.74 Å². The smallest absolute Gasteiger partial charge is 0.310 e. The Balaban J connectivity index is 3.13. The second kappa shape index (κ2) is 3.53. The molecule has 1 aromatic carbocycles. The van der Waals surface area contributed by atoms with Crippen LogP contribution in [0.25, 0.3) is 0 Å². The number of hydrogen-bond acceptors (Lipinski definition) is 3. The highest BCUT2D eigenvalue weighted by Gasteiger charge is 2.13. The Bertz CT molecular complexity index is 394. The highest BCUT2D eigenvalue weighted by Crippen LogP contribution is 2.29. The van der Waals surface area contributed by atoms with E-state index in [1.807, 2.05) is 0 Å². The third-order valence-electron chi connectivity index (χ3n) is 1.23. The summed E-state index contributed by atoms with van der Waals surface area (Å²) in [5, 5.41) is 10.5. The quantitative estimate of drug-likeness (QED) is 0.584. The molecular formula is C7H6BrNO3. The molecule has 0 heterocycles. The van der Waals surface area contributed by atoms with Crippen molar-refractivity contribution in [3.05, 3.63) is 32.8 Å². The van der Waals surface area contributed by atoms with E-state index in [0.29, 0.717) is 4.47 Å². The largest absolute Gasteiger partial charge is 0.490 e. The molecule has 0 aliphatic rings. The maximum absolute atomic E-state index is 10.5. The summed E-state index contributed by atoms with van der Waals surface area (Å²) >= 11 is 3.07. The monoisotopic (exact) mass is 234 g/mol. The predicted octanol–water partition coefficient (Wildman–Crippen LogP) is 2.37. The Morgan fingerprint density at radius 1 is 1.75 bits per heavy atom. The van der Waals surface area contributed by atoms with E-state index in [-0.39, 0.29) is 11.4 Å². The van der Waals surface area contributed by atoms with Crippen LogP contribution in [0.4, 0.5) is 5.69 Å². The molecule has 0 aromatic heterocycles. The summed E-state index contributed by atoms with van der Waals surface area (Å²) in [4.78, 5) is 9.84. The lowest BCUT2D eigenvalue weighted by molar-refractivity contribution is -0.385. The van der Waals surface area contributed by atoms with E-state index in [1.54, 1.807) is 0 Å². The summed E-state index contributed by atoms with van der Waals surface area (Å²) in [7, 11) is -2.70. The number of nitro benzene ring substituents is 1. The second-order valence-electron chi connectivity index (χ2n) is 1.97. The van der Waals surface area contributed by atoms with Crippen molar-refractivity contribution in [3.8, 4) is 5.75 Å². The van der Waals surface area contributed by atoms with Crippen LogP contribution in [0.2, 0.25) is 0 Å². The lowest BCUT2D eigenvalue weighted by Gasteiger charge is -2.00. The van der Waals surface area contributed by atoms with E-state index in [0.717, 1.165) is 0 Å². The van der Waals surface area contributed by atoms with E-state index in [2.05, 4.69) is 20.7 Å². The Morgan fingerprint density at radius 2 is 2.50 bits per heavy atom. The molecule has 64 valence electrons. The maximum atomic E-state index is 10.5. The summed E-state index contributed by atoms with van der Waals surface area (Å²) in [6.07, 6.45) is 0. The van der Waals surface area contributed by atoms with Crippen LogP contribution in [-0.2, 0) is 0 Å². The molecule has 0 aliphatic heterocycles. The van der Waals surface area contributed by atoms with Gasteiger partial charge in [-0.25, -0.2) is 0 Å². The zero-order valence-electron chi connectivity index (χ0n) is 8.78. The van der Waals surface area contributed by atoms with Crippen LogP contribution in [0.5, 0.6) is 5.75 Å². The van der Waals surface area contributed by atoms with Crippen molar-refractivity contribution in [1.29, 1.82) is 0 Å². The maximum Gasteiger partial charge on any atom is 0.310 e. The lowest BCUT2D eigenvalue weighted by atomic mass is 10.3. The molecule has 5 heteroatoms. The molecule has 0 aliphatic carbocycles. The average Bonchev–Trinajstić information content (AvgIpc) is 1.99. The number of halogens is 1. The van der Waals surface area contributed by atoms with Crippen LogP contribution >= 0.6 is 15.9 Å². The first-order valence-electron chi connectivity index (χ1n) is 4.42. The number of benzene rings is 1. The SMILES string of the molecule is [2H]C([2H])([2H])Oc1cc(Br)ccc1[N+](=O)[O-]. The summed E-state index contributed by atoms with van der Waals surface area (Å²) in [6, 6.07) is 3.85. The van der Waals surface area contributed by atoms with Crippen LogP contribution in [0.3, 0.4) is 0 Å².